The highest BCUT2D eigenvalue weighted by Gasteiger charge is 2.32. The quantitative estimate of drug-likeness (QED) is 0.857. The molecule has 1 N–H and O–H groups in total. The van der Waals surface area contributed by atoms with Crippen molar-refractivity contribution in [2.75, 3.05) is 13.1 Å². The molecule has 0 aromatic heterocycles. The number of hydrogen-bond acceptors (Lipinski definition) is 1. The van der Waals surface area contributed by atoms with E-state index in [1.54, 1.807) is 12.1 Å². The molecule has 0 unspecified atom stereocenters. The van der Waals surface area contributed by atoms with Crippen LogP contribution in [0.1, 0.15) is 56.4 Å². The Morgan fingerprint density at radius 2 is 1.45 bits per heavy atom. The normalized spacial score (nSPS) is 23.6. The molecular weight excluding hydrogens is 249 g/mol. The van der Waals surface area contributed by atoms with E-state index in [1.807, 2.05) is 12.1 Å². The summed E-state index contributed by atoms with van der Waals surface area (Å²) in [6.45, 7) is 2.30. The van der Waals surface area contributed by atoms with Crippen LogP contribution in [-0.4, -0.2) is 13.1 Å². The van der Waals surface area contributed by atoms with Crippen molar-refractivity contribution in [1.29, 1.82) is 0 Å². The molecule has 20 heavy (non-hydrogen) atoms. The highest BCUT2D eigenvalue weighted by Crippen LogP contribution is 2.43. The van der Waals surface area contributed by atoms with Crippen LogP contribution in [0.5, 0.6) is 0 Å². The van der Waals surface area contributed by atoms with Crippen molar-refractivity contribution in [3.63, 3.8) is 0 Å². The third kappa shape index (κ3) is 3.22. The fourth-order valence-electron chi connectivity index (χ4n) is 4.31. The van der Waals surface area contributed by atoms with E-state index in [-0.39, 0.29) is 5.82 Å². The molecule has 1 aliphatic carbocycles. The summed E-state index contributed by atoms with van der Waals surface area (Å²) < 4.78 is 13.2. The van der Waals surface area contributed by atoms with Crippen LogP contribution < -0.4 is 5.32 Å². The molecule has 1 aromatic carbocycles. The molecule has 1 saturated carbocycles. The molecule has 1 saturated heterocycles. The van der Waals surface area contributed by atoms with E-state index in [2.05, 4.69) is 5.32 Å². The van der Waals surface area contributed by atoms with Gasteiger partial charge in [0.1, 0.15) is 5.82 Å². The Morgan fingerprint density at radius 3 is 2.10 bits per heavy atom. The summed E-state index contributed by atoms with van der Waals surface area (Å²) in [4.78, 5) is 0. The lowest BCUT2D eigenvalue weighted by molar-refractivity contribution is 0.209. The minimum absolute atomic E-state index is 0.110. The van der Waals surface area contributed by atoms with Crippen molar-refractivity contribution in [3.05, 3.63) is 35.6 Å². The van der Waals surface area contributed by atoms with Gasteiger partial charge in [-0.05, 0) is 74.2 Å². The van der Waals surface area contributed by atoms with Crippen LogP contribution in [0.3, 0.4) is 0 Å². The lowest BCUT2D eigenvalue weighted by Crippen LogP contribution is -2.34. The summed E-state index contributed by atoms with van der Waals surface area (Å²) >= 11 is 0. The van der Waals surface area contributed by atoms with Gasteiger partial charge in [0.25, 0.3) is 0 Å². The molecule has 2 aliphatic rings. The molecule has 3 rings (SSSR count). The number of benzene rings is 1. The summed E-state index contributed by atoms with van der Waals surface area (Å²) in [5.41, 5.74) is 1.38. The predicted molar refractivity (Wildman–Crippen MR) is 81.3 cm³/mol. The lowest BCUT2D eigenvalue weighted by Gasteiger charge is -2.38. The highest BCUT2D eigenvalue weighted by molar-refractivity contribution is 5.22. The zero-order valence-electron chi connectivity index (χ0n) is 12.3. The second-order valence-corrected chi connectivity index (χ2v) is 6.56. The first-order valence-electron chi connectivity index (χ1n) is 8.31. The van der Waals surface area contributed by atoms with Gasteiger partial charge in [0.15, 0.2) is 0 Å². The molecule has 2 fully saturated rings. The maximum Gasteiger partial charge on any atom is 0.123 e. The molecule has 1 aromatic rings. The van der Waals surface area contributed by atoms with E-state index in [9.17, 15) is 4.39 Å². The van der Waals surface area contributed by atoms with Gasteiger partial charge in [-0.25, -0.2) is 4.39 Å². The number of hydrogen-bond donors (Lipinski definition) is 1. The lowest BCUT2D eigenvalue weighted by atomic mass is 9.68. The van der Waals surface area contributed by atoms with Crippen molar-refractivity contribution in [2.45, 2.75) is 50.9 Å². The average molecular weight is 275 g/mol. The largest absolute Gasteiger partial charge is 0.317 e. The highest BCUT2D eigenvalue weighted by atomic mass is 19.1. The predicted octanol–water partition coefficient (Wildman–Crippen LogP) is 4.49. The van der Waals surface area contributed by atoms with Crippen molar-refractivity contribution >= 4 is 0 Å². The standard InChI is InChI=1S/C18H26FN/c19-17-8-6-15(7-9-17)18(14-4-2-1-3-5-14)16-10-12-20-13-11-16/h6-9,14,16,18,20H,1-5,10-13H2/t18-/m0/s1. The zero-order valence-corrected chi connectivity index (χ0v) is 12.3. The van der Waals surface area contributed by atoms with Crippen LogP contribution in [0.4, 0.5) is 4.39 Å². The van der Waals surface area contributed by atoms with Crippen molar-refractivity contribution < 1.29 is 4.39 Å². The third-order valence-electron chi connectivity index (χ3n) is 5.30. The SMILES string of the molecule is Fc1ccc([C@H](C2CCCCC2)C2CCNCC2)cc1. The van der Waals surface area contributed by atoms with Gasteiger partial charge in [0.2, 0.25) is 0 Å². The average Bonchev–Trinajstić information content (AvgIpc) is 2.52. The summed E-state index contributed by atoms with van der Waals surface area (Å²) in [5.74, 6) is 2.14. The Kier molecular flexibility index (Phi) is 4.72. The third-order valence-corrected chi connectivity index (χ3v) is 5.30. The molecule has 1 nitrogen and oxygen atoms in total. The second kappa shape index (κ2) is 6.71. The second-order valence-electron chi connectivity index (χ2n) is 6.56. The van der Waals surface area contributed by atoms with Crippen LogP contribution in [0, 0.1) is 17.7 Å². The summed E-state index contributed by atoms with van der Waals surface area (Å²) in [6, 6.07) is 7.37. The molecular formula is C18H26FN. The minimum Gasteiger partial charge on any atom is -0.317 e. The van der Waals surface area contributed by atoms with E-state index in [0.717, 1.165) is 24.9 Å². The molecule has 0 spiro atoms. The van der Waals surface area contributed by atoms with Gasteiger partial charge in [0.05, 0.1) is 0 Å². The van der Waals surface area contributed by atoms with Crippen molar-refractivity contribution in [1.82, 2.24) is 5.32 Å². The first kappa shape index (κ1) is 14.1. The number of piperidine rings is 1. The van der Waals surface area contributed by atoms with Gasteiger partial charge in [-0.1, -0.05) is 31.4 Å². The van der Waals surface area contributed by atoms with Crippen LogP contribution in [0.25, 0.3) is 0 Å². The van der Waals surface area contributed by atoms with Crippen LogP contribution >= 0.6 is 0 Å². The Balaban J connectivity index is 1.83. The number of rotatable bonds is 3. The minimum atomic E-state index is -0.110. The molecule has 110 valence electrons. The first-order valence-corrected chi connectivity index (χ1v) is 8.31. The van der Waals surface area contributed by atoms with Gasteiger partial charge in [-0.3, -0.25) is 0 Å². The van der Waals surface area contributed by atoms with Crippen LogP contribution in [0.15, 0.2) is 24.3 Å². The number of halogens is 1. The van der Waals surface area contributed by atoms with Gasteiger partial charge in [-0.2, -0.15) is 0 Å². The molecule has 0 radical (unpaired) electrons. The molecule has 0 bridgehead atoms. The zero-order chi connectivity index (χ0) is 13.8. The fourth-order valence-corrected chi connectivity index (χ4v) is 4.31. The number of nitrogens with one attached hydrogen (secondary N) is 1. The smallest absolute Gasteiger partial charge is 0.123 e. The van der Waals surface area contributed by atoms with Crippen molar-refractivity contribution in [3.8, 4) is 0 Å². The summed E-state index contributed by atoms with van der Waals surface area (Å²) in [5, 5.41) is 3.47. The Hall–Kier alpha value is -0.890. The monoisotopic (exact) mass is 275 g/mol. The summed E-state index contributed by atoms with van der Waals surface area (Å²) in [6.07, 6.45) is 9.45. The topological polar surface area (TPSA) is 12.0 Å². The van der Waals surface area contributed by atoms with Gasteiger partial charge < -0.3 is 5.32 Å². The van der Waals surface area contributed by atoms with E-state index in [1.165, 1.54) is 50.5 Å². The maximum absolute atomic E-state index is 13.2. The first-order chi connectivity index (χ1) is 9.84. The van der Waals surface area contributed by atoms with Crippen LogP contribution in [-0.2, 0) is 0 Å². The van der Waals surface area contributed by atoms with Gasteiger partial charge in [0, 0.05) is 0 Å². The van der Waals surface area contributed by atoms with Gasteiger partial charge >= 0.3 is 0 Å². The maximum atomic E-state index is 13.2. The Labute approximate surface area is 122 Å². The van der Waals surface area contributed by atoms with Crippen molar-refractivity contribution in [2.24, 2.45) is 11.8 Å². The molecule has 2 heteroatoms. The fraction of sp³-hybridized carbons (Fsp3) is 0.667. The molecule has 0 amide bonds. The molecule has 1 heterocycles. The van der Waals surface area contributed by atoms with E-state index < -0.39 is 0 Å². The Morgan fingerprint density at radius 1 is 0.850 bits per heavy atom. The summed E-state index contributed by atoms with van der Waals surface area (Å²) in [7, 11) is 0. The Bertz CT molecular complexity index is 384. The van der Waals surface area contributed by atoms with Crippen LogP contribution in [0.2, 0.25) is 0 Å². The van der Waals surface area contributed by atoms with E-state index in [0.29, 0.717) is 5.92 Å². The molecule has 1 atom stereocenters. The van der Waals surface area contributed by atoms with E-state index >= 15 is 0 Å². The molecule has 1 aliphatic heterocycles. The van der Waals surface area contributed by atoms with E-state index in [4.69, 9.17) is 0 Å². The van der Waals surface area contributed by atoms with Gasteiger partial charge in [-0.15, -0.1) is 0 Å².